The zero-order valence-corrected chi connectivity index (χ0v) is 12.6. The minimum absolute atomic E-state index is 0.0318. The molecule has 0 radical (unpaired) electrons. The minimum Gasteiger partial charge on any atom is -0.409 e. The molecule has 0 aromatic heterocycles. The van der Waals surface area contributed by atoms with E-state index < -0.39 is 10.0 Å². The Labute approximate surface area is 125 Å². The fourth-order valence-corrected chi connectivity index (χ4v) is 4.09. The lowest BCUT2D eigenvalue weighted by Gasteiger charge is -2.22. The van der Waals surface area contributed by atoms with E-state index >= 15 is 0 Å². The maximum absolute atomic E-state index is 12.2. The van der Waals surface area contributed by atoms with E-state index in [2.05, 4.69) is 9.88 Å². The number of sulfonamides is 1. The van der Waals surface area contributed by atoms with E-state index in [4.69, 9.17) is 10.9 Å². The number of rotatable bonds is 5. The van der Waals surface area contributed by atoms with Crippen molar-refractivity contribution in [3.63, 3.8) is 0 Å². The highest BCUT2D eigenvalue weighted by Crippen LogP contribution is 2.23. The first-order valence-electron chi connectivity index (χ1n) is 7.08. The first-order chi connectivity index (χ1) is 10.0. The van der Waals surface area contributed by atoms with Crippen LogP contribution in [-0.2, 0) is 16.6 Å². The van der Waals surface area contributed by atoms with E-state index in [-0.39, 0.29) is 17.6 Å². The van der Waals surface area contributed by atoms with Gasteiger partial charge < -0.3 is 10.9 Å². The van der Waals surface area contributed by atoms with Crippen molar-refractivity contribution < 1.29 is 13.6 Å². The molecule has 0 spiro atoms. The van der Waals surface area contributed by atoms with Crippen LogP contribution in [0.5, 0.6) is 0 Å². The van der Waals surface area contributed by atoms with Gasteiger partial charge in [-0.05, 0) is 18.4 Å². The molecule has 1 aromatic carbocycles. The molecule has 4 N–H and O–H groups in total. The average molecular weight is 311 g/mol. The summed E-state index contributed by atoms with van der Waals surface area (Å²) in [4.78, 5) is 0. The van der Waals surface area contributed by atoms with Gasteiger partial charge in [0, 0.05) is 12.1 Å². The lowest BCUT2D eigenvalue weighted by molar-refractivity contribution is 0.318. The zero-order chi connectivity index (χ0) is 15.3. The van der Waals surface area contributed by atoms with Crippen LogP contribution in [0.1, 0.15) is 43.2 Å². The molecule has 0 heterocycles. The number of oxime groups is 1. The van der Waals surface area contributed by atoms with Crippen molar-refractivity contribution in [2.45, 2.75) is 43.9 Å². The van der Waals surface area contributed by atoms with Gasteiger partial charge in [-0.25, -0.2) is 13.1 Å². The maximum Gasteiger partial charge on any atom is 0.214 e. The molecule has 21 heavy (non-hydrogen) atoms. The Bertz CT molecular complexity index is 590. The highest BCUT2D eigenvalue weighted by Gasteiger charge is 2.26. The van der Waals surface area contributed by atoms with Crippen LogP contribution in [0.3, 0.4) is 0 Å². The van der Waals surface area contributed by atoms with Crippen molar-refractivity contribution >= 4 is 15.9 Å². The summed E-state index contributed by atoms with van der Waals surface area (Å²) in [5.74, 6) is 0.0318. The van der Waals surface area contributed by atoms with E-state index in [1.165, 1.54) is 0 Å². The van der Waals surface area contributed by atoms with Gasteiger partial charge >= 0.3 is 0 Å². The van der Waals surface area contributed by atoms with Crippen LogP contribution >= 0.6 is 0 Å². The number of nitrogens with two attached hydrogens (primary N) is 1. The fourth-order valence-electron chi connectivity index (χ4n) is 2.53. The first kappa shape index (κ1) is 15.8. The van der Waals surface area contributed by atoms with Gasteiger partial charge in [-0.3, -0.25) is 0 Å². The lowest BCUT2D eigenvalue weighted by atomic mass is 10.0. The highest BCUT2D eigenvalue weighted by atomic mass is 32.2. The Morgan fingerprint density at radius 3 is 2.43 bits per heavy atom. The maximum atomic E-state index is 12.2. The Morgan fingerprint density at radius 2 is 1.86 bits per heavy atom. The fraction of sp³-hybridized carbons (Fsp3) is 0.500. The predicted octanol–water partition coefficient (Wildman–Crippen LogP) is 1.53. The first-order valence-corrected chi connectivity index (χ1v) is 8.63. The van der Waals surface area contributed by atoms with Gasteiger partial charge in [-0.15, -0.1) is 0 Å². The van der Waals surface area contributed by atoms with Gasteiger partial charge in [0.2, 0.25) is 10.0 Å². The summed E-state index contributed by atoms with van der Waals surface area (Å²) < 4.78 is 27.1. The number of nitrogens with one attached hydrogen (secondary N) is 1. The lowest BCUT2D eigenvalue weighted by Crippen LogP contribution is -2.35. The van der Waals surface area contributed by atoms with Crippen molar-refractivity contribution in [2.24, 2.45) is 10.9 Å². The Hall–Kier alpha value is -1.60. The molecule has 2 rings (SSSR count). The summed E-state index contributed by atoms with van der Waals surface area (Å²) >= 11 is 0. The Morgan fingerprint density at radius 1 is 1.24 bits per heavy atom. The topological polar surface area (TPSA) is 105 Å². The van der Waals surface area contributed by atoms with Crippen molar-refractivity contribution in [1.82, 2.24) is 4.72 Å². The molecule has 0 amide bonds. The number of hydrogen-bond acceptors (Lipinski definition) is 4. The van der Waals surface area contributed by atoms with Crippen molar-refractivity contribution in [2.75, 3.05) is 0 Å². The molecule has 1 saturated carbocycles. The molecule has 1 aromatic rings. The third-order valence-corrected chi connectivity index (χ3v) is 5.72. The molecule has 0 atom stereocenters. The third-order valence-electron chi connectivity index (χ3n) is 3.83. The molecule has 0 unspecified atom stereocenters. The standard InChI is InChI=1S/C14H21N3O3S/c15-14(17-18)12-8-6-11(7-9-12)10-16-21(19,20)13-4-2-1-3-5-13/h6-9,13,16,18H,1-5,10H2,(H2,15,17). The van der Waals surface area contributed by atoms with Crippen LogP contribution in [0, 0.1) is 0 Å². The minimum atomic E-state index is -3.25. The number of amidine groups is 1. The summed E-state index contributed by atoms with van der Waals surface area (Å²) in [5.41, 5.74) is 6.90. The number of nitrogens with zero attached hydrogens (tertiary/aromatic N) is 1. The monoisotopic (exact) mass is 311 g/mol. The smallest absolute Gasteiger partial charge is 0.214 e. The molecule has 7 heteroatoms. The van der Waals surface area contributed by atoms with Crippen molar-refractivity contribution in [1.29, 1.82) is 0 Å². The summed E-state index contributed by atoms with van der Waals surface area (Å²) in [6.07, 6.45) is 4.59. The predicted molar refractivity (Wildman–Crippen MR) is 81.6 cm³/mol. The molecular formula is C14H21N3O3S. The SMILES string of the molecule is NC(=NO)c1ccc(CNS(=O)(=O)C2CCCCC2)cc1. The molecule has 6 nitrogen and oxygen atoms in total. The Balaban J connectivity index is 1.96. The molecule has 1 fully saturated rings. The zero-order valence-electron chi connectivity index (χ0n) is 11.8. The number of hydrogen-bond donors (Lipinski definition) is 3. The van der Waals surface area contributed by atoms with E-state index in [1.54, 1.807) is 24.3 Å². The highest BCUT2D eigenvalue weighted by molar-refractivity contribution is 7.90. The van der Waals surface area contributed by atoms with Gasteiger partial charge in [-0.2, -0.15) is 0 Å². The third kappa shape index (κ3) is 4.18. The largest absolute Gasteiger partial charge is 0.409 e. The van der Waals surface area contributed by atoms with Crippen LogP contribution in [-0.4, -0.2) is 24.7 Å². The molecule has 0 bridgehead atoms. The molecule has 1 aliphatic rings. The summed E-state index contributed by atoms with van der Waals surface area (Å²) in [6.45, 7) is 0.259. The van der Waals surface area contributed by atoms with Gasteiger partial charge in [0.25, 0.3) is 0 Å². The summed E-state index contributed by atoms with van der Waals surface area (Å²) in [7, 11) is -3.25. The average Bonchev–Trinajstić information content (AvgIpc) is 2.53. The Kier molecular flexibility index (Phi) is 5.19. The van der Waals surface area contributed by atoms with E-state index in [1.807, 2.05) is 0 Å². The van der Waals surface area contributed by atoms with Gasteiger partial charge in [0.05, 0.1) is 5.25 Å². The van der Waals surface area contributed by atoms with Crippen LogP contribution in [0.4, 0.5) is 0 Å². The second kappa shape index (κ2) is 6.91. The van der Waals surface area contributed by atoms with Crippen LogP contribution in [0.25, 0.3) is 0 Å². The molecule has 116 valence electrons. The normalized spacial score (nSPS) is 17.8. The van der Waals surface area contributed by atoms with Crippen LogP contribution in [0.2, 0.25) is 0 Å². The van der Waals surface area contributed by atoms with Crippen molar-refractivity contribution in [3.05, 3.63) is 35.4 Å². The van der Waals surface area contributed by atoms with E-state index in [0.29, 0.717) is 5.56 Å². The summed E-state index contributed by atoms with van der Waals surface area (Å²) in [6, 6.07) is 6.91. The summed E-state index contributed by atoms with van der Waals surface area (Å²) in [5, 5.41) is 11.2. The van der Waals surface area contributed by atoms with Gasteiger partial charge in [0.15, 0.2) is 5.84 Å². The van der Waals surface area contributed by atoms with Gasteiger partial charge in [-0.1, -0.05) is 48.7 Å². The van der Waals surface area contributed by atoms with Crippen molar-refractivity contribution in [3.8, 4) is 0 Å². The second-order valence-electron chi connectivity index (χ2n) is 5.31. The van der Waals surface area contributed by atoms with Crippen LogP contribution in [0.15, 0.2) is 29.4 Å². The quantitative estimate of drug-likeness (QED) is 0.332. The number of benzene rings is 1. The molecular weight excluding hydrogens is 290 g/mol. The van der Waals surface area contributed by atoms with E-state index in [0.717, 1.165) is 37.7 Å². The van der Waals surface area contributed by atoms with E-state index in [9.17, 15) is 8.42 Å². The molecule has 0 saturated heterocycles. The second-order valence-corrected chi connectivity index (χ2v) is 7.35. The molecule has 0 aliphatic heterocycles. The van der Waals surface area contributed by atoms with Gasteiger partial charge in [0.1, 0.15) is 0 Å². The van der Waals surface area contributed by atoms with Crippen LogP contribution < -0.4 is 10.5 Å². The molecule has 1 aliphatic carbocycles.